The Morgan fingerprint density at radius 1 is 0.375 bits per heavy atom. The number of ether oxygens (including phenoxy) is 1. The monoisotopic (exact) mass is 1020 g/mol. The van der Waals surface area contributed by atoms with Gasteiger partial charge in [0.1, 0.15) is 0 Å². The number of nitrogens with one attached hydrogen (secondary N) is 1. The van der Waals surface area contributed by atoms with Gasteiger partial charge < -0.3 is 20.3 Å². The van der Waals surface area contributed by atoms with Crippen LogP contribution in [0.2, 0.25) is 0 Å². The summed E-state index contributed by atoms with van der Waals surface area (Å²) in [5, 5.41) is 23.2. The topological polar surface area (TPSA) is 95.9 Å². The van der Waals surface area contributed by atoms with Crippen molar-refractivity contribution < 1.29 is 24.5 Å². The van der Waals surface area contributed by atoms with Crippen LogP contribution in [0.5, 0.6) is 0 Å². The number of aliphatic hydroxyl groups excluding tert-OH is 2. The van der Waals surface area contributed by atoms with Crippen molar-refractivity contribution in [2.24, 2.45) is 0 Å². The molecule has 2 unspecified atom stereocenters. The lowest BCUT2D eigenvalue weighted by molar-refractivity contribution is -0.143. The van der Waals surface area contributed by atoms with Crippen LogP contribution in [0.1, 0.15) is 373 Å². The van der Waals surface area contributed by atoms with Crippen LogP contribution in [0.4, 0.5) is 0 Å². The summed E-state index contributed by atoms with van der Waals surface area (Å²) in [6.07, 6.45) is 75.5. The highest BCUT2D eigenvalue weighted by Crippen LogP contribution is 2.19. The SMILES string of the molecule is CCCC/C=C\CCCCCCCC(=O)OCCCCCCCCCCCCCCCCCCCCCCCCCCCCCCCCCCCC(=O)NC(CO)C(O)CCCCCCCCCCCCC. The highest BCUT2D eigenvalue weighted by molar-refractivity contribution is 5.76. The molecule has 0 aliphatic carbocycles. The van der Waals surface area contributed by atoms with Crippen molar-refractivity contribution in [2.45, 2.75) is 386 Å². The Morgan fingerprint density at radius 2 is 0.667 bits per heavy atom. The number of rotatable bonds is 62. The molecular formula is C66H129NO5. The summed E-state index contributed by atoms with van der Waals surface area (Å²) in [5.41, 5.74) is 0. The molecule has 0 spiro atoms. The van der Waals surface area contributed by atoms with Gasteiger partial charge in [-0.3, -0.25) is 9.59 Å². The van der Waals surface area contributed by atoms with Crippen molar-refractivity contribution >= 4 is 11.9 Å². The van der Waals surface area contributed by atoms with Crippen LogP contribution in [0.25, 0.3) is 0 Å². The lowest BCUT2D eigenvalue weighted by Crippen LogP contribution is -2.45. The van der Waals surface area contributed by atoms with Crippen molar-refractivity contribution in [3.63, 3.8) is 0 Å². The first kappa shape index (κ1) is 70.6. The summed E-state index contributed by atoms with van der Waals surface area (Å²) >= 11 is 0. The number of allylic oxidation sites excluding steroid dienone is 2. The maximum absolute atomic E-state index is 12.5. The number of aliphatic hydroxyl groups is 2. The number of carbonyl (C=O) groups excluding carboxylic acids is 2. The summed E-state index contributed by atoms with van der Waals surface area (Å²) in [4.78, 5) is 24.4. The minimum atomic E-state index is -0.658. The summed E-state index contributed by atoms with van der Waals surface area (Å²) in [6.45, 7) is 4.93. The van der Waals surface area contributed by atoms with E-state index >= 15 is 0 Å². The van der Waals surface area contributed by atoms with Crippen molar-refractivity contribution in [1.29, 1.82) is 0 Å². The van der Waals surface area contributed by atoms with Crippen LogP contribution in [0.3, 0.4) is 0 Å². The molecule has 0 fully saturated rings. The number of carbonyl (C=O) groups is 2. The molecule has 0 aromatic carbocycles. The Morgan fingerprint density at radius 3 is 1.03 bits per heavy atom. The van der Waals surface area contributed by atoms with Gasteiger partial charge in [-0.15, -0.1) is 0 Å². The third kappa shape index (κ3) is 57.9. The van der Waals surface area contributed by atoms with Gasteiger partial charge in [0.05, 0.1) is 25.4 Å². The second kappa shape index (κ2) is 62.1. The lowest BCUT2D eigenvalue weighted by atomic mass is 10.0. The van der Waals surface area contributed by atoms with E-state index in [2.05, 4.69) is 31.3 Å². The first-order chi connectivity index (χ1) is 35.5. The van der Waals surface area contributed by atoms with Crippen LogP contribution >= 0.6 is 0 Å². The van der Waals surface area contributed by atoms with Crippen molar-refractivity contribution in [1.82, 2.24) is 5.32 Å². The maximum atomic E-state index is 12.5. The van der Waals surface area contributed by atoms with E-state index in [1.807, 2.05) is 0 Å². The zero-order valence-corrected chi connectivity index (χ0v) is 48.9. The molecule has 6 nitrogen and oxygen atoms in total. The quantitative estimate of drug-likeness (QED) is 0.0320. The number of amides is 1. The predicted octanol–water partition coefficient (Wildman–Crippen LogP) is 20.8. The van der Waals surface area contributed by atoms with Crippen LogP contribution in [-0.4, -0.2) is 47.4 Å². The van der Waals surface area contributed by atoms with E-state index in [-0.39, 0.29) is 18.5 Å². The number of hydrogen-bond acceptors (Lipinski definition) is 5. The molecule has 6 heteroatoms. The molecule has 0 saturated heterocycles. The number of hydrogen-bond donors (Lipinski definition) is 3. The normalized spacial score (nSPS) is 12.6. The fraction of sp³-hybridized carbons (Fsp3) is 0.939. The summed E-state index contributed by atoms with van der Waals surface area (Å²) in [6, 6.07) is -0.535. The molecule has 428 valence electrons. The van der Waals surface area contributed by atoms with Crippen LogP contribution < -0.4 is 5.32 Å². The van der Waals surface area contributed by atoms with Gasteiger partial charge in [-0.25, -0.2) is 0 Å². The molecule has 0 rings (SSSR count). The molecule has 0 aromatic heterocycles. The zero-order valence-electron chi connectivity index (χ0n) is 48.9. The van der Waals surface area contributed by atoms with Crippen LogP contribution in [-0.2, 0) is 14.3 Å². The largest absolute Gasteiger partial charge is 0.466 e. The second-order valence-corrected chi connectivity index (χ2v) is 22.8. The van der Waals surface area contributed by atoms with E-state index in [4.69, 9.17) is 4.74 Å². The standard InChI is InChI=1S/C66H129NO5/c1-3-5-7-9-11-13-38-42-46-50-54-58-64(69)63(62-68)67-65(70)59-55-51-47-43-40-36-34-32-30-28-26-24-22-20-18-16-15-17-19-21-23-25-27-29-31-33-35-37-41-45-49-53-57-61-72-66(71)60-56-52-48-44-39-14-12-10-8-6-4-2/h10,12,63-64,68-69H,3-9,11,13-62H2,1-2H3,(H,67,70)/b12-10-. The van der Waals surface area contributed by atoms with Crippen molar-refractivity contribution in [3.05, 3.63) is 12.2 Å². The average Bonchev–Trinajstić information content (AvgIpc) is 3.38. The Balaban J connectivity index is 3.29. The first-order valence-corrected chi connectivity index (χ1v) is 32.9. The van der Waals surface area contributed by atoms with Gasteiger partial charge in [-0.2, -0.15) is 0 Å². The molecule has 0 saturated carbocycles. The van der Waals surface area contributed by atoms with Gasteiger partial charge in [0.15, 0.2) is 0 Å². The summed E-state index contributed by atoms with van der Waals surface area (Å²) in [5.74, 6) is -0.0183. The van der Waals surface area contributed by atoms with E-state index < -0.39 is 12.1 Å². The highest BCUT2D eigenvalue weighted by Gasteiger charge is 2.20. The molecule has 2 atom stereocenters. The van der Waals surface area contributed by atoms with Gasteiger partial charge in [-0.05, 0) is 44.9 Å². The molecule has 3 N–H and O–H groups in total. The second-order valence-electron chi connectivity index (χ2n) is 22.8. The van der Waals surface area contributed by atoms with E-state index in [9.17, 15) is 19.8 Å². The van der Waals surface area contributed by atoms with Gasteiger partial charge in [0.2, 0.25) is 5.91 Å². The third-order valence-corrected chi connectivity index (χ3v) is 15.6. The van der Waals surface area contributed by atoms with Crippen LogP contribution in [0.15, 0.2) is 12.2 Å². The number of esters is 1. The molecule has 0 aliphatic heterocycles. The Labute approximate surface area is 450 Å². The van der Waals surface area contributed by atoms with Crippen molar-refractivity contribution in [2.75, 3.05) is 13.2 Å². The molecule has 0 aliphatic rings. The maximum Gasteiger partial charge on any atom is 0.305 e. The predicted molar refractivity (Wildman–Crippen MR) is 315 cm³/mol. The summed E-state index contributed by atoms with van der Waals surface area (Å²) < 4.78 is 5.47. The van der Waals surface area contributed by atoms with Gasteiger partial charge >= 0.3 is 5.97 Å². The molecular weight excluding hydrogens is 887 g/mol. The number of unbranched alkanes of at least 4 members (excludes halogenated alkanes) is 49. The molecule has 72 heavy (non-hydrogen) atoms. The fourth-order valence-corrected chi connectivity index (χ4v) is 10.5. The first-order valence-electron chi connectivity index (χ1n) is 32.9. The summed E-state index contributed by atoms with van der Waals surface area (Å²) in [7, 11) is 0. The Bertz CT molecular complexity index is 1080. The van der Waals surface area contributed by atoms with E-state index in [0.29, 0.717) is 25.9 Å². The van der Waals surface area contributed by atoms with E-state index in [1.165, 1.54) is 295 Å². The Kier molecular flexibility index (Phi) is 60.9. The highest BCUT2D eigenvalue weighted by atomic mass is 16.5. The lowest BCUT2D eigenvalue weighted by Gasteiger charge is -2.22. The minimum absolute atomic E-state index is 0.0110. The van der Waals surface area contributed by atoms with Crippen LogP contribution in [0, 0.1) is 0 Å². The Hall–Kier alpha value is -1.40. The average molecular weight is 1020 g/mol. The smallest absolute Gasteiger partial charge is 0.305 e. The molecule has 0 heterocycles. The van der Waals surface area contributed by atoms with Gasteiger partial charge in [0, 0.05) is 12.8 Å². The van der Waals surface area contributed by atoms with Crippen molar-refractivity contribution in [3.8, 4) is 0 Å². The van der Waals surface area contributed by atoms with Gasteiger partial charge in [0.25, 0.3) is 0 Å². The molecule has 0 radical (unpaired) electrons. The van der Waals surface area contributed by atoms with E-state index in [1.54, 1.807) is 0 Å². The molecule has 0 aromatic rings. The minimum Gasteiger partial charge on any atom is -0.466 e. The fourth-order valence-electron chi connectivity index (χ4n) is 10.5. The van der Waals surface area contributed by atoms with E-state index in [0.717, 1.165) is 44.9 Å². The molecule has 0 bridgehead atoms. The van der Waals surface area contributed by atoms with Gasteiger partial charge in [-0.1, -0.05) is 328 Å². The zero-order chi connectivity index (χ0) is 52.2. The third-order valence-electron chi connectivity index (χ3n) is 15.6. The molecule has 1 amide bonds.